The summed E-state index contributed by atoms with van der Waals surface area (Å²) >= 11 is 0. The zero-order chi connectivity index (χ0) is 19.9. The molecule has 1 aromatic heterocycles. The van der Waals surface area contributed by atoms with Crippen LogP contribution in [0.1, 0.15) is 27.2 Å². The molecule has 0 aliphatic carbocycles. The van der Waals surface area contributed by atoms with Crippen LogP contribution >= 0.6 is 0 Å². The van der Waals surface area contributed by atoms with Crippen LogP contribution in [-0.4, -0.2) is 29.5 Å². The molecule has 3 aromatic rings. The summed E-state index contributed by atoms with van der Waals surface area (Å²) in [6.07, 6.45) is 2.25. The van der Waals surface area contributed by atoms with Crippen LogP contribution in [0.3, 0.4) is 0 Å². The molecule has 0 spiro atoms. The molecule has 3 rings (SSSR count). The van der Waals surface area contributed by atoms with Gasteiger partial charge in [0.1, 0.15) is 11.4 Å². The highest BCUT2D eigenvalue weighted by Crippen LogP contribution is 2.18. The standard InChI is InChI=1S/C22H24N4O2/c1-15-8-9-18(14-16(15)2)25-22-24-13-11-19(26-22)21(27)23-12-10-17-6-4-5-7-20(17)28-3/h4-9,11,13-14H,10,12H2,1-3H3,(H,23,27)(H,24,25,26). The van der Waals surface area contributed by atoms with Gasteiger partial charge in [-0.25, -0.2) is 9.97 Å². The topological polar surface area (TPSA) is 76.1 Å². The second-order valence-corrected chi connectivity index (χ2v) is 6.51. The number of benzene rings is 2. The molecule has 1 heterocycles. The molecule has 0 unspecified atom stereocenters. The maximum absolute atomic E-state index is 12.4. The Labute approximate surface area is 165 Å². The van der Waals surface area contributed by atoms with Gasteiger partial charge in [0.05, 0.1) is 7.11 Å². The fourth-order valence-corrected chi connectivity index (χ4v) is 2.80. The first kappa shape index (κ1) is 19.4. The Bertz CT molecular complexity index is 972. The van der Waals surface area contributed by atoms with Crippen LogP contribution in [0, 0.1) is 13.8 Å². The van der Waals surface area contributed by atoms with Crippen molar-refractivity contribution >= 4 is 17.5 Å². The van der Waals surface area contributed by atoms with E-state index >= 15 is 0 Å². The summed E-state index contributed by atoms with van der Waals surface area (Å²) in [5.74, 6) is 0.972. The van der Waals surface area contributed by atoms with Gasteiger partial charge in [0.15, 0.2) is 0 Å². The van der Waals surface area contributed by atoms with Crippen LogP contribution in [0.4, 0.5) is 11.6 Å². The minimum Gasteiger partial charge on any atom is -0.496 e. The summed E-state index contributed by atoms with van der Waals surface area (Å²) in [4.78, 5) is 21.0. The maximum atomic E-state index is 12.4. The molecule has 0 radical (unpaired) electrons. The Hall–Kier alpha value is -3.41. The van der Waals surface area contributed by atoms with Gasteiger partial charge in [0.25, 0.3) is 5.91 Å². The van der Waals surface area contributed by atoms with Gasteiger partial charge in [-0.1, -0.05) is 24.3 Å². The quantitative estimate of drug-likeness (QED) is 0.656. The number of amides is 1. The number of hydrogen-bond acceptors (Lipinski definition) is 5. The number of methoxy groups -OCH3 is 1. The third-order valence-electron chi connectivity index (χ3n) is 4.52. The van der Waals surface area contributed by atoms with Crippen LogP contribution in [0.2, 0.25) is 0 Å². The smallest absolute Gasteiger partial charge is 0.270 e. The fraction of sp³-hybridized carbons (Fsp3) is 0.227. The SMILES string of the molecule is COc1ccccc1CCNC(=O)c1ccnc(Nc2ccc(C)c(C)c2)n1. The van der Waals surface area contributed by atoms with Crippen LogP contribution in [0.5, 0.6) is 5.75 Å². The Morgan fingerprint density at radius 3 is 2.68 bits per heavy atom. The Morgan fingerprint density at radius 1 is 1.07 bits per heavy atom. The van der Waals surface area contributed by atoms with Crippen molar-refractivity contribution in [3.05, 3.63) is 77.1 Å². The van der Waals surface area contributed by atoms with Gasteiger partial charge in [-0.3, -0.25) is 4.79 Å². The van der Waals surface area contributed by atoms with Crippen molar-refractivity contribution in [2.45, 2.75) is 20.3 Å². The number of aromatic nitrogens is 2. The van der Waals surface area contributed by atoms with Gasteiger partial charge in [-0.2, -0.15) is 0 Å². The number of nitrogens with one attached hydrogen (secondary N) is 2. The molecular formula is C22H24N4O2. The lowest BCUT2D eigenvalue weighted by atomic mass is 10.1. The summed E-state index contributed by atoms with van der Waals surface area (Å²) < 4.78 is 5.33. The van der Waals surface area contributed by atoms with E-state index in [-0.39, 0.29) is 5.91 Å². The van der Waals surface area contributed by atoms with Crippen molar-refractivity contribution in [1.82, 2.24) is 15.3 Å². The largest absolute Gasteiger partial charge is 0.496 e. The van der Waals surface area contributed by atoms with E-state index in [1.165, 1.54) is 11.1 Å². The lowest BCUT2D eigenvalue weighted by molar-refractivity contribution is 0.0949. The van der Waals surface area contributed by atoms with Gasteiger partial charge in [0.2, 0.25) is 5.95 Å². The molecule has 0 saturated carbocycles. The highest BCUT2D eigenvalue weighted by molar-refractivity contribution is 5.92. The molecule has 0 fully saturated rings. The lowest BCUT2D eigenvalue weighted by Crippen LogP contribution is -2.26. The summed E-state index contributed by atoms with van der Waals surface area (Å²) in [6.45, 7) is 4.60. The number of carbonyl (C=O) groups is 1. The molecule has 0 bridgehead atoms. The number of rotatable bonds is 7. The predicted molar refractivity (Wildman–Crippen MR) is 110 cm³/mol. The van der Waals surface area contributed by atoms with Crippen molar-refractivity contribution in [2.75, 3.05) is 19.0 Å². The average Bonchev–Trinajstić information content (AvgIpc) is 2.71. The van der Waals surface area contributed by atoms with E-state index in [2.05, 4.69) is 27.5 Å². The number of para-hydroxylation sites is 1. The van der Waals surface area contributed by atoms with Crippen molar-refractivity contribution in [1.29, 1.82) is 0 Å². The monoisotopic (exact) mass is 376 g/mol. The summed E-state index contributed by atoms with van der Waals surface area (Å²) in [7, 11) is 1.64. The molecule has 2 aromatic carbocycles. The molecule has 2 N–H and O–H groups in total. The molecule has 0 atom stereocenters. The summed E-state index contributed by atoms with van der Waals surface area (Å²) in [5, 5.41) is 6.04. The van der Waals surface area contributed by atoms with E-state index in [1.54, 1.807) is 19.4 Å². The highest BCUT2D eigenvalue weighted by Gasteiger charge is 2.10. The number of ether oxygens (including phenoxy) is 1. The molecule has 0 saturated heterocycles. The Kier molecular flexibility index (Phi) is 6.22. The Balaban J connectivity index is 1.61. The molecule has 6 heteroatoms. The lowest BCUT2D eigenvalue weighted by Gasteiger charge is -2.10. The van der Waals surface area contributed by atoms with Gasteiger partial charge in [-0.05, 0) is 61.2 Å². The van der Waals surface area contributed by atoms with E-state index in [0.29, 0.717) is 24.6 Å². The number of carbonyl (C=O) groups excluding carboxylic acids is 1. The van der Waals surface area contributed by atoms with Crippen LogP contribution in [-0.2, 0) is 6.42 Å². The zero-order valence-electron chi connectivity index (χ0n) is 16.3. The molecule has 28 heavy (non-hydrogen) atoms. The van der Waals surface area contributed by atoms with Crippen molar-refractivity contribution in [3.63, 3.8) is 0 Å². The Morgan fingerprint density at radius 2 is 1.89 bits per heavy atom. The molecule has 6 nitrogen and oxygen atoms in total. The van der Waals surface area contributed by atoms with E-state index in [0.717, 1.165) is 17.0 Å². The third-order valence-corrected chi connectivity index (χ3v) is 4.52. The van der Waals surface area contributed by atoms with E-state index in [1.807, 2.05) is 49.4 Å². The van der Waals surface area contributed by atoms with E-state index in [4.69, 9.17) is 4.74 Å². The van der Waals surface area contributed by atoms with Crippen LogP contribution in [0.25, 0.3) is 0 Å². The van der Waals surface area contributed by atoms with Gasteiger partial charge >= 0.3 is 0 Å². The maximum Gasteiger partial charge on any atom is 0.270 e. The molecule has 0 aliphatic heterocycles. The van der Waals surface area contributed by atoms with E-state index < -0.39 is 0 Å². The summed E-state index contributed by atoms with van der Waals surface area (Å²) in [5.41, 5.74) is 4.65. The van der Waals surface area contributed by atoms with Crippen LogP contribution < -0.4 is 15.4 Å². The number of nitrogens with zero attached hydrogens (tertiary/aromatic N) is 2. The molecule has 0 aliphatic rings. The van der Waals surface area contributed by atoms with Crippen molar-refractivity contribution < 1.29 is 9.53 Å². The number of aryl methyl sites for hydroxylation is 2. The molecular weight excluding hydrogens is 352 g/mol. The van der Waals surface area contributed by atoms with Crippen LogP contribution in [0.15, 0.2) is 54.7 Å². The minimum atomic E-state index is -0.236. The fourth-order valence-electron chi connectivity index (χ4n) is 2.80. The average molecular weight is 376 g/mol. The second-order valence-electron chi connectivity index (χ2n) is 6.51. The van der Waals surface area contributed by atoms with Gasteiger partial charge < -0.3 is 15.4 Å². The van der Waals surface area contributed by atoms with Crippen molar-refractivity contribution in [3.8, 4) is 5.75 Å². The number of anilines is 2. The normalized spacial score (nSPS) is 10.4. The van der Waals surface area contributed by atoms with E-state index in [9.17, 15) is 4.79 Å². The van der Waals surface area contributed by atoms with Gasteiger partial charge in [-0.15, -0.1) is 0 Å². The first-order valence-electron chi connectivity index (χ1n) is 9.14. The second kappa shape index (κ2) is 8.99. The summed E-state index contributed by atoms with van der Waals surface area (Å²) in [6, 6.07) is 15.4. The molecule has 1 amide bonds. The predicted octanol–water partition coefficient (Wildman–Crippen LogP) is 3.82. The highest BCUT2D eigenvalue weighted by atomic mass is 16.5. The minimum absolute atomic E-state index is 0.236. The first-order chi connectivity index (χ1) is 13.6. The zero-order valence-corrected chi connectivity index (χ0v) is 16.3. The first-order valence-corrected chi connectivity index (χ1v) is 9.14. The molecule has 144 valence electrons. The number of hydrogen-bond donors (Lipinski definition) is 2. The van der Waals surface area contributed by atoms with Crippen molar-refractivity contribution in [2.24, 2.45) is 0 Å². The third kappa shape index (κ3) is 4.85. The van der Waals surface area contributed by atoms with Gasteiger partial charge in [0, 0.05) is 18.4 Å².